The van der Waals surface area contributed by atoms with E-state index in [2.05, 4.69) is 6.58 Å². The second kappa shape index (κ2) is 5.29. The van der Waals surface area contributed by atoms with E-state index < -0.39 is 23.9 Å². The van der Waals surface area contributed by atoms with Gasteiger partial charge in [-0.05, 0) is 13.8 Å². The van der Waals surface area contributed by atoms with Crippen molar-refractivity contribution in [2.24, 2.45) is 0 Å². The topological polar surface area (TPSA) is 70.3 Å². The fourth-order valence-corrected chi connectivity index (χ4v) is 1.16. The molecule has 0 atom stereocenters. The highest BCUT2D eigenvalue weighted by Crippen LogP contribution is 1.92. The lowest BCUT2D eigenvalue weighted by Crippen LogP contribution is -2.39. The van der Waals surface area contributed by atoms with Crippen molar-refractivity contribution in [3.63, 3.8) is 0 Å². The van der Waals surface area contributed by atoms with Crippen molar-refractivity contribution in [2.75, 3.05) is 0 Å². The minimum Gasteiger partial charge on any atom is -0.440 e. The largest absolute Gasteiger partial charge is 0.440 e. The number of rotatable bonds is 4. The molecular weight excluding hydrogens is 224 g/mol. The Morgan fingerprint density at radius 3 is 2.65 bits per heavy atom. The third-order valence-electron chi connectivity index (χ3n) is 2.15. The van der Waals surface area contributed by atoms with Crippen LogP contribution in [0.1, 0.15) is 13.8 Å². The van der Waals surface area contributed by atoms with E-state index in [0.29, 0.717) is 6.54 Å². The van der Waals surface area contributed by atoms with Gasteiger partial charge in [-0.2, -0.15) is 0 Å². The molecule has 0 saturated heterocycles. The van der Waals surface area contributed by atoms with E-state index in [1.165, 1.54) is 23.8 Å². The number of carbonyl (C=O) groups is 1. The molecular formula is C11H14N2O4. The normalized spacial score (nSPS) is 10.0. The summed E-state index contributed by atoms with van der Waals surface area (Å²) in [5.41, 5.74) is -0.798. The highest BCUT2D eigenvalue weighted by atomic mass is 16.5. The SMILES string of the molecule is C=C(C)C(=O)OCn1c(=O)ccn(CC)c1=O. The zero-order valence-electron chi connectivity index (χ0n) is 9.80. The molecule has 6 heteroatoms. The lowest BCUT2D eigenvalue weighted by atomic mass is 10.4. The number of aryl methyl sites for hydroxylation is 1. The van der Waals surface area contributed by atoms with Crippen LogP contribution < -0.4 is 11.2 Å². The number of nitrogens with zero attached hydrogens (tertiary/aromatic N) is 2. The van der Waals surface area contributed by atoms with Crippen LogP contribution in [-0.4, -0.2) is 15.1 Å². The van der Waals surface area contributed by atoms with Crippen LogP contribution in [0.2, 0.25) is 0 Å². The van der Waals surface area contributed by atoms with Gasteiger partial charge in [0.05, 0.1) is 0 Å². The van der Waals surface area contributed by atoms with Crippen molar-refractivity contribution in [1.29, 1.82) is 0 Å². The van der Waals surface area contributed by atoms with Gasteiger partial charge >= 0.3 is 11.7 Å². The first-order valence-electron chi connectivity index (χ1n) is 5.10. The van der Waals surface area contributed by atoms with E-state index in [-0.39, 0.29) is 5.57 Å². The molecule has 1 heterocycles. The second-order valence-corrected chi connectivity index (χ2v) is 3.49. The number of ether oxygens (including phenoxy) is 1. The molecule has 0 aromatic carbocycles. The fourth-order valence-electron chi connectivity index (χ4n) is 1.16. The van der Waals surface area contributed by atoms with E-state index >= 15 is 0 Å². The van der Waals surface area contributed by atoms with E-state index in [9.17, 15) is 14.4 Å². The van der Waals surface area contributed by atoms with Crippen LogP contribution in [0.4, 0.5) is 0 Å². The van der Waals surface area contributed by atoms with Crippen molar-refractivity contribution in [3.05, 3.63) is 45.3 Å². The van der Waals surface area contributed by atoms with Gasteiger partial charge in [0.15, 0.2) is 6.73 Å². The highest BCUT2D eigenvalue weighted by Gasteiger charge is 2.07. The van der Waals surface area contributed by atoms with Crippen molar-refractivity contribution >= 4 is 5.97 Å². The summed E-state index contributed by atoms with van der Waals surface area (Å²) in [5, 5.41) is 0. The Balaban J connectivity index is 2.99. The Bertz CT molecular complexity index is 553. The van der Waals surface area contributed by atoms with Gasteiger partial charge in [-0.25, -0.2) is 14.2 Å². The lowest BCUT2D eigenvalue weighted by molar-refractivity contribution is -0.142. The van der Waals surface area contributed by atoms with Crippen molar-refractivity contribution in [2.45, 2.75) is 27.1 Å². The zero-order chi connectivity index (χ0) is 13.0. The first-order valence-corrected chi connectivity index (χ1v) is 5.10. The van der Waals surface area contributed by atoms with Gasteiger partial charge in [0.2, 0.25) is 0 Å². The minimum absolute atomic E-state index is 0.213. The maximum atomic E-state index is 11.7. The summed E-state index contributed by atoms with van der Waals surface area (Å²) >= 11 is 0. The first kappa shape index (κ1) is 13.0. The number of carbonyl (C=O) groups excluding carboxylic acids is 1. The van der Waals surface area contributed by atoms with Gasteiger partial charge in [-0.15, -0.1) is 0 Å². The van der Waals surface area contributed by atoms with E-state index in [1.54, 1.807) is 6.92 Å². The standard InChI is InChI=1S/C11H14N2O4/c1-4-12-6-5-9(14)13(11(12)16)7-17-10(15)8(2)3/h5-6H,2,4,7H2,1,3H3. The molecule has 92 valence electrons. The molecule has 17 heavy (non-hydrogen) atoms. The molecule has 0 spiro atoms. The molecule has 0 aliphatic carbocycles. The highest BCUT2D eigenvalue weighted by molar-refractivity contribution is 5.86. The number of esters is 1. The molecule has 0 fully saturated rings. The smallest absolute Gasteiger partial charge is 0.334 e. The summed E-state index contributed by atoms with van der Waals surface area (Å²) in [6.07, 6.45) is 1.40. The van der Waals surface area contributed by atoms with Crippen molar-refractivity contribution < 1.29 is 9.53 Å². The summed E-state index contributed by atoms with van der Waals surface area (Å²) in [5.74, 6) is -0.636. The molecule has 0 radical (unpaired) electrons. The molecule has 0 aliphatic rings. The maximum Gasteiger partial charge on any atom is 0.334 e. The number of hydrogen-bond acceptors (Lipinski definition) is 4. The Labute approximate surface area is 97.8 Å². The number of hydrogen-bond donors (Lipinski definition) is 0. The monoisotopic (exact) mass is 238 g/mol. The van der Waals surface area contributed by atoms with Crippen LogP contribution in [0.5, 0.6) is 0 Å². The van der Waals surface area contributed by atoms with Crippen LogP contribution >= 0.6 is 0 Å². The molecule has 0 bridgehead atoms. The van der Waals surface area contributed by atoms with E-state index in [1.807, 2.05) is 0 Å². The van der Waals surface area contributed by atoms with Crippen molar-refractivity contribution in [3.8, 4) is 0 Å². The minimum atomic E-state index is -0.636. The molecule has 1 aromatic heterocycles. The van der Waals surface area contributed by atoms with Crippen LogP contribution in [0, 0.1) is 0 Å². The summed E-state index contributed by atoms with van der Waals surface area (Å²) in [7, 11) is 0. The third-order valence-corrected chi connectivity index (χ3v) is 2.15. The Hall–Kier alpha value is -2.11. The quantitative estimate of drug-likeness (QED) is 0.551. The zero-order valence-corrected chi connectivity index (χ0v) is 9.80. The molecule has 0 N–H and O–H groups in total. The van der Waals surface area contributed by atoms with Crippen molar-refractivity contribution in [1.82, 2.24) is 9.13 Å². The van der Waals surface area contributed by atoms with Gasteiger partial charge in [0, 0.05) is 24.4 Å². The van der Waals surface area contributed by atoms with Gasteiger partial charge in [-0.1, -0.05) is 6.58 Å². The summed E-state index contributed by atoms with van der Waals surface area (Å²) < 4.78 is 6.96. The Kier molecular flexibility index (Phi) is 4.03. The molecule has 1 aromatic rings. The van der Waals surface area contributed by atoms with E-state index in [0.717, 1.165) is 4.57 Å². The molecule has 0 unspecified atom stereocenters. The first-order chi connectivity index (χ1) is 7.97. The fraction of sp³-hybridized carbons (Fsp3) is 0.364. The summed E-state index contributed by atoms with van der Waals surface area (Å²) in [6, 6.07) is 1.25. The predicted octanol–water partition coefficient (Wildman–Crippen LogP) is 0.107. The lowest BCUT2D eigenvalue weighted by Gasteiger charge is -2.08. The maximum absolute atomic E-state index is 11.7. The van der Waals surface area contributed by atoms with Gasteiger partial charge < -0.3 is 9.30 Å². The average molecular weight is 238 g/mol. The number of aromatic nitrogens is 2. The van der Waals surface area contributed by atoms with Crippen LogP contribution in [-0.2, 0) is 22.8 Å². The summed E-state index contributed by atoms with van der Waals surface area (Å²) in [6.45, 7) is 6.70. The van der Waals surface area contributed by atoms with E-state index in [4.69, 9.17) is 4.74 Å². The summed E-state index contributed by atoms with van der Waals surface area (Å²) in [4.78, 5) is 34.3. The third kappa shape index (κ3) is 2.93. The molecule has 1 rings (SSSR count). The van der Waals surface area contributed by atoms with Gasteiger partial charge in [0.1, 0.15) is 0 Å². The molecule has 0 saturated carbocycles. The van der Waals surface area contributed by atoms with Gasteiger partial charge in [-0.3, -0.25) is 4.79 Å². The second-order valence-electron chi connectivity index (χ2n) is 3.49. The van der Waals surface area contributed by atoms with Crippen LogP contribution in [0.3, 0.4) is 0 Å². The molecule has 6 nitrogen and oxygen atoms in total. The Morgan fingerprint density at radius 1 is 1.47 bits per heavy atom. The van der Waals surface area contributed by atoms with Gasteiger partial charge in [0.25, 0.3) is 5.56 Å². The Morgan fingerprint density at radius 2 is 2.12 bits per heavy atom. The van der Waals surface area contributed by atoms with Crippen LogP contribution in [0.15, 0.2) is 34.0 Å². The van der Waals surface area contributed by atoms with Crippen LogP contribution in [0.25, 0.3) is 0 Å². The molecule has 0 amide bonds. The predicted molar refractivity (Wildman–Crippen MR) is 61.5 cm³/mol. The average Bonchev–Trinajstić information content (AvgIpc) is 2.28. The molecule has 0 aliphatic heterocycles.